The van der Waals surface area contributed by atoms with E-state index in [4.69, 9.17) is 11.6 Å². The number of hydrogen-bond donors (Lipinski definition) is 2. The van der Waals surface area contributed by atoms with Crippen LogP contribution in [-0.2, 0) is 4.79 Å². The molecule has 142 valence electrons. The number of rotatable bonds is 6. The maximum atomic E-state index is 12.7. The van der Waals surface area contributed by atoms with Crippen LogP contribution in [0.1, 0.15) is 13.3 Å². The molecule has 0 saturated carbocycles. The summed E-state index contributed by atoms with van der Waals surface area (Å²) in [5, 5.41) is 13.2. The fourth-order valence-electron chi connectivity index (χ4n) is 2.65. The molecule has 0 saturated heterocycles. The summed E-state index contributed by atoms with van der Waals surface area (Å²) in [6, 6.07) is 15.2. The lowest BCUT2D eigenvalue weighted by Crippen LogP contribution is -2.24. The number of carbonyl (C=O) groups excluding carboxylic acids is 1. The molecule has 2 aromatic carbocycles. The Hall–Kier alpha value is -2.42. The highest BCUT2D eigenvalue weighted by atomic mass is 35.5. The maximum absolute atomic E-state index is 12.7. The second kappa shape index (κ2) is 8.30. The SMILES string of the molecule is CCC(Sc1nc2ccccc2[nH]1)C(=O)Nc1nnc(-c2ccccc2Cl)s1. The van der Waals surface area contributed by atoms with Crippen molar-refractivity contribution in [3.63, 3.8) is 0 Å². The number of aromatic amines is 1. The van der Waals surface area contributed by atoms with E-state index in [1.54, 1.807) is 6.07 Å². The van der Waals surface area contributed by atoms with Crippen molar-refractivity contribution in [1.29, 1.82) is 0 Å². The molecule has 0 aliphatic heterocycles. The van der Waals surface area contributed by atoms with Crippen molar-refractivity contribution in [3.8, 4) is 10.6 Å². The van der Waals surface area contributed by atoms with E-state index in [0.717, 1.165) is 21.8 Å². The van der Waals surface area contributed by atoms with E-state index >= 15 is 0 Å². The summed E-state index contributed by atoms with van der Waals surface area (Å²) in [7, 11) is 0. The van der Waals surface area contributed by atoms with Gasteiger partial charge in [-0.3, -0.25) is 10.1 Å². The van der Waals surface area contributed by atoms with Gasteiger partial charge in [0.2, 0.25) is 11.0 Å². The van der Waals surface area contributed by atoms with Crippen LogP contribution in [0, 0.1) is 0 Å². The van der Waals surface area contributed by atoms with Crippen LogP contribution in [0.5, 0.6) is 0 Å². The van der Waals surface area contributed by atoms with Gasteiger partial charge in [0.25, 0.3) is 0 Å². The van der Waals surface area contributed by atoms with Crippen molar-refractivity contribution >= 4 is 56.8 Å². The molecule has 6 nitrogen and oxygen atoms in total. The molecule has 2 heterocycles. The van der Waals surface area contributed by atoms with Crippen molar-refractivity contribution in [1.82, 2.24) is 20.2 Å². The molecule has 0 spiro atoms. The molecule has 0 radical (unpaired) electrons. The number of thioether (sulfide) groups is 1. The number of hydrogen-bond acceptors (Lipinski definition) is 6. The summed E-state index contributed by atoms with van der Waals surface area (Å²) in [4.78, 5) is 20.5. The number of halogens is 1. The molecule has 2 N–H and O–H groups in total. The molecular formula is C19H16ClN5OS2. The lowest BCUT2D eigenvalue weighted by molar-refractivity contribution is -0.115. The molecule has 9 heteroatoms. The van der Waals surface area contributed by atoms with Gasteiger partial charge < -0.3 is 4.98 Å². The van der Waals surface area contributed by atoms with Gasteiger partial charge in [0.1, 0.15) is 0 Å². The number of amides is 1. The molecule has 0 aliphatic rings. The molecule has 1 amide bonds. The number of carbonyl (C=O) groups is 1. The van der Waals surface area contributed by atoms with Crippen LogP contribution >= 0.6 is 34.7 Å². The summed E-state index contributed by atoms with van der Waals surface area (Å²) in [6.07, 6.45) is 0.656. The standard InChI is InChI=1S/C19H16ClN5OS2/c1-2-15(27-18-21-13-9-5-6-10-14(13)22-18)16(26)23-19-25-24-17(28-19)11-7-3-4-8-12(11)20/h3-10,15H,2H2,1H3,(H,21,22)(H,23,25,26). The highest BCUT2D eigenvalue weighted by Gasteiger charge is 2.21. The van der Waals surface area contributed by atoms with E-state index in [0.29, 0.717) is 21.6 Å². The van der Waals surface area contributed by atoms with Crippen LogP contribution in [0.4, 0.5) is 5.13 Å². The van der Waals surface area contributed by atoms with Crippen LogP contribution in [-0.4, -0.2) is 31.3 Å². The fraction of sp³-hybridized carbons (Fsp3) is 0.158. The summed E-state index contributed by atoms with van der Waals surface area (Å²) < 4.78 is 0. The van der Waals surface area contributed by atoms with E-state index in [9.17, 15) is 4.79 Å². The van der Waals surface area contributed by atoms with Gasteiger partial charge in [-0.25, -0.2) is 4.98 Å². The number of benzene rings is 2. The Bertz CT molecular complexity index is 1090. The summed E-state index contributed by atoms with van der Waals surface area (Å²) in [6.45, 7) is 1.97. The Labute approximate surface area is 174 Å². The first kappa shape index (κ1) is 18.9. The first-order chi connectivity index (χ1) is 13.6. The number of nitrogens with one attached hydrogen (secondary N) is 2. The van der Waals surface area contributed by atoms with Crippen molar-refractivity contribution in [2.24, 2.45) is 0 Å². The Morgan fingerprint density at radius 3 is 2.79 bits per heavy atom. The van der Waals surface area contributed by atoms with Gasteiger partial charge in [0, 0.05) is 5.56 Å². The molecule has 2 aromatic heterocycles. The smallest absolute Gasteiger partial charge is 0.239 e. The van der Waals surface area contributed by atoms with E-state index in [1.165, 1.54) is 23.1 Å². The second-order valence-electron chi connectivity index (χ2n) is 5.96. The quantitative estimate of drug-likeness (QED) is 0.409. The minimum Gasteiger partial charge on any atom is -0.333 e. The van der Waals surface area contributed by atoms with Crippen LogP contribution in [0.2, 0.25) is 5.02 Å². The van der Waals surface area contributed by atoms with Gasteiger partial charge in [0.05, 0.1) is 21.3 Å². The van der Waals surface area contributed by atoms with Gasteiger partial charge in [-0.05, 0) is 24.6 Å². The van der Waals surface area contributed by atoms with E-state index < -0.39 is 0 Å². The molecule has 4 aromatic rings. The Balaban J connectivity index is 1.46. The highest BCUT2D eigenvalue weighted by molar-refractivity contribution is 8.00. The lowest BCUT2D eigenvalue weighted by atomic mass is 10.2. The number of anilines is 1. The van der Waals surface area contributed by atoms with Crippen LogP contribution in [0.15, 0.2) is 53.7 Å². The third-order valence-corrected chi connectivity index (χ3v) is 6.49. The zero-order valence-corrected chi connectivity index (χ0v) is 17.2. The van der Waals surface area contributed by atoms with E-state index in [2.05, 4.69) is 25.5 Å². The summed E-state index contributed by atoms with van der Waals surface area (Å²) in [5.74, 6) is -0.130. The Morgan fingerprint density at radius 2 is 2.00 bits per heavy atom. The Morgan fingerprint density at radius 1 is 1.21 bits per heavy atom. The van der Waals surface area contributed by atoms with Gasteiger partial charge in [-0.1, -0.05) is 72.0 Å². The van der Waals surface area contributed by atoms with Crippen LogP contribution in [0.25, 0.3) is 21.6 Å². The van der Waals surface area contributed by atoms with Gasteiger partial charge >= 0.3 is 0 Å². The largest absolute Gasteiger partial charge is 0.333 e. The van der Waals surface area contributed by atoms with E-state index in [1.807, 2.05) is 49.4 Å². The Kier molecular flexibility index (Phi) is 5.61. The molecule has 1 unspecified atom stereocenters. The minimum atomic E-state index is -0.298. The maximum Gasteiger partial charge on any atom is 0.239 e. The zero-order chi connectivity index (χ0) is 19.5. The predicted molar refractivity (Wildman–Crippen MR) is 115 cm³/mol. The van der Waals surface area contributed by atoms with E-state index in [-0.39, 0.29) is 11.2 Å². The van der Waals surface area contributed by atoms with Gasteiger partial charge in [-0.2, -0.15) is 0 Å². The number of fused-ring (bicyclic) bond motifs is 1. The summed E-state index contributed by atoms with van der Waals surface area (Å²) in [5.41, 5.74) is 2.63. The third-order valence-electron chi connectivity index (χ3n) is 4.04. The van der Waals surface area contributed by atoms with Crippen molar-refractivity contribution in [3.05, 3.63) is 53.6 Å². The highest BCUT2D eigenvalue weighted by Crippen LogP contribution is 2.32. The number of H-pyrrole nitrogens is 1. The zero-order valence-electron chi connectivity index (χ0n) is 14.8. The molecule has 0 fully saturated rings. The fourth-order valence-corrected chi connectivity index (χ4v) is 4.63. The normalized spacial score (nSPS) is 12.2. The van der Waals surface area contributed by atoms with Crippen molar-refractivity contribution in [2.75, 3.05) is 5.32 Å². The molecule has 28 heavy (non-hydrogen) atoms. The molecule has 0 aliphatic carbocycles. The monoisotopic (exact) mass is 429 g/mol. The summed E-state index contributed by atoms with van der Waals surface area (Å²) >= 11 is 8.91. The number of para-hydroxylation sites is 2. The van der Waals surface area contributed by atoms with Crippen molar-refractivity contribution < 1.29 is 4.79 Å². The number of nitrogens with zero attached hydrogens (tertiary/aromatic N) is 3. The van der Waals surface area contributed by atoms with Gasteiger partial charge in [-0.15, -0.1) is 10.2 Å². The van der Waals surface area contributed by atoms with Crippen LogP contribution < -0.4 is 5.32 Å². The number of aromatic nitrogens is 4. The molecule has 0 bridgehead atoms. The third kappa shape index (κ3) is 4.04. The topological polar surface area (TPSA) is 83.6 Å². The average molecular weight is 430 g/mol. The lowest BCUT2D eigenvalue weighted by Gasteiger charge is -2.11. The van der Waals surface area contributed by atoms with Gasteiger partial charge in [0.15, 0.2) is 10.2 Å². The first-order valence-corrected chi connectivity index (χ1v) is 10.7. The molecule has 1 atom stereocenters. The van der Waals surface area contributed by atoms with Crippen molar-refractivity contribution in [2.45, 2.75) is 23.8 Å². The van der Waals surface area contributed by atoms with Crippen LogP contribution in [0.3, 0.4) is 0 Å². The molecule has 4 rings (SSSR count). The average Bonchev–Trinajstić information content (AvgIpc) is 3.32. The number of imidazole rings is 1. The molecular weight excluding hydrogens is 414 g/mol. The second-order valence-corrected chi connectivity index (χ2v) is 8.53. The minimum absolute atomic E-state index is 0.130. The first-order valence-electron chi connectivity index (χ1n) is 8.64. The predicted octanol–water partition coefficient (Wildman–Crippen LogP) is 5.24.